The number of H-pyrrole nitrogens is 1. The highest BCUT2D eigenvalue weighted by Crippen LogP contribution is 2.37. The number of benzene rings is 1. The van der Waals surface area contributed by atoms with Crippen LogP contribution in [0.4, 0.5) is 0 Å². The molecule has 3 nitrogen and oxygen atoms in total. The maximum Gasteiger partial charge on any atom is 0.0529 e. The summed E-state index contributed by atoms with van der Waals surface area (Å²) in [6.45, 7) is 3.25. The lowest BCUT2D eigenvalue weighted by Gasteiger charge is -2.29. The summed E-state index contributed by atoms with van der Waals surface area (Å²) in [7, 11) is 0. The van der Waals surface area contributed by atoms with Gasteiger partial charge in [0.15, 0.2) is 0 Å². The third-order valence-electron chi connectivity index (χ3n) is 5.58. The molecule has 1 saturated carbocycles. The van der Waals surface area contributed by atoms with Gasteiger partial charge in [0.1, 0.15) is 0 Å². The third kappa shape index (κ3) is 3.62. The van der Waals surface area contributed by atoms with Crippen molar-refractivity contribution >= 4 is 28.0 Å². The van der Waals surface area contributed by atoms with Crippen molar-refractivity contribution in [3.63, 3.8) is 0 Å². The van der Waals surface area contributed by atoms with Gasteiger partial charge in [-0.1, -0.05) is 25.5 Å². The minimum atomic E-state index is 0.633. The van der Waals surface area contributed by atoms with Gasteiger partial charge in [-0.2, -0.15) is 0 Å². The van der Waals surface area contributed by atoms with Crippen LogP contribution in [0, 0.1) is 5.41 Å². The Hall–Kier alpha value is -1.91. The zero-order chi connectivity index (χ0) is 17.9. The molecule has 136 valence electrons. The lowest BCUT2D eigenvalue weighted by Crippen LogP contribution is -2.33. The van der Waals surface area contributed by atoms with Crippen molar-refractivity contribution in [2.24, 2.45) is 0 Å². The van der Waals surface area contributed by atoms with E-state index in [1.54, 1.807) is 11.3 Å². The van der Waals surface area contributed by atoms with Crippen LogP contribution in [-0.4, -0.2) is 23.3 Å². The molecule has 2 atom stereocenters. The first-order chi connectivity index (χ1) is 12.7. The molecule has 3 N–H and O–H groups in total. The summed E-state index contributed by atoms with van der Waals surface area (Å²) in [5.41, 5.74) is 4.63. The topological polar surface area (TPSA) is 51.7 Å². The number of hydrogen-bond acceptors (Lipinski definition) is 3. The van der Waals surface area contributed by atoms with Crippen LogP contribution in [-0.2, 0) is 6.42 Å². The van der Waals surface area contributed by atoms with Crippen molar-refractivity contribution in [1.82, 2.24) is 10.3 Å². The van der Waals surface area contributed by atoms with Crippen LogP contribution in [0.2, 0.25) is 0 Å². The van der Waals surface area contributed by atoms with Crippen LogP contribution in [0.3, 0.4) is 0 Å². The molecule has 2 unspecified atom stereocenters. The van der Waals surface area contributed by atoms with E-state index in [1.165, 1.54) is 47.7 Å². The smallest absolute Gasteiger partial charge is 0.0529 e. The SMILES string of the molecule is CCNC1CCCC(c2c[nH]c3ccc(CC(=N)c4cccs4)cc23)C1. The second-order valence-corrected chi connectivity index (χ2v) is 8.32. The van der Waals surface area contributed by atoms with Gasteiger partial charge in [0.25, 0.3) is 0 Å². The quantitative estimate of drug-likeness (QED) is 0.498. The first-order valence-corrected chi connectivity index (χ1v) is 10.6. The molecule has 0 radical (unpaired) electrons. The number of aromatic amines is 1. The standard InChI is InChI=1S/C22H27N3S/c1-2-24-17-6-3-5-16(13-17)19-14-25-21-9-8-15(11-18(19)21)12-20(23)22-7-4-10-26-22/h4,7-11,14,16-17,23-25H,2-3,5-6,12-13H2,1H3. The molecule has 1 aromatic carbocycles. The highest BCUT2D eigenvalue weighted by atomic mass is 32.1. The summed E-state index contributed by atoms with van der Waals surface area (Å²) >= 11 is 1.65. The number of hydrogen-bond donors (Lipinski definition) is 3. The molecule has 1 fully saturated rings. The Balaban J connectivity index is 1.57. The molecule has 4 rings (SSSR count). The van der Waals surface area contributed by atoms with E-state index < -0.39 is 0 Å². The zero-order valence-electron chi connectivity index (χ0n) is 15.3. The monoisotopic (exact) mass is 365 g/mol. The first kappa shape index (κ1) is 17.5. The van der Waals surface area contributed by atoms with E-state index in [0.717, 1.165) is 11.4 Å². The average Bonchev–Trinajstić information content (AvgIpc) is 3.32. The largest absolute Gasteiger partial charge is 0.361 e. The Labute approximate surface area is 159 Å². The van der Waals surface area contributed by atoms with Crippen molar-refractivity contribution in [1.29, 1.82) is 5.41 Å². The summed E-state index contributed by atoms with van der Waals surface area (Å²) in [4.78, 5) is 4.54. The molecule has 3 aromatic rings. The van der Waals surface area contributed by atoms with Crippen LogP contribution >= 0.6 is 11.3 Å². The van der Waals surface area contributed by atoms with Gasteiger partial charge in [0.2, 0.25) is 0 Å². The molecular weight excluding hydrogens is 338 g/mol. The molecule has 2 heterocycles. The molecule has 2 aromatic heterocycles. The zero-order valence-corrected chi connectivity index (χ0v) is 16.2. The van der Waals surface area contributed by atoms with Crippen LogP contribution in [0.15, 0.2) is 41.9 Å². The molecule has 0 bridgehead atoms. The Kier molecular flexibility index (Phi) is 5.23. The van der Waals surface area contributed by atoms with Gasteiger partial charge in [0, 0.05) is 34.4 Å². The second-order valence-electron chi connectivity index (χ2n) is 7.37. The summed E-state index contributed by atoms with van der Waals surface area (Å²) < 4.78 is 0. The maximum atomic E-state index is 8.37. The number of nitrogens with one attached hydrogen (secondary N) is 3. The first-order valence-electron chi connectivity index (χ1n) is 9.69. The van der Waals surface area contributed by atoms with Crippen LogP contribution in [0.5, 0.6) is 0 Å². The van der Waals surface area contributed by atoms with E-state index in [4.69, 9.17) is 5.41 Å². The Morgan fingerprint density at radius 1 is 1.31 bits per heavy atom. The second kappa shape index (κ2) is 7.77. The van der Waals surface area contributed by atoms with Crippen molar-refractivity contribution in [3.8, 4) is 0 Å². The number of fused-ring (bicyclic) bond motifs is 1. The molecule has 0 amide bonds. The number of rotatable bonds is 6. The minimum absolute atomic E-state index is 0.633. The molecule has 0 spiro atoms. The van der Waals surface area contributed by atoms with Crippen LogP contribution < -0.4 is 5.32 Å². The van der Waals surface area contributed by atoms with Crippen molar-refractivity contribution in [2.75, 3.05) is 6.54 Å². The normalized spacial score (nSPS) is 20.5. The van der Waals surface area contributed by atoms with E-state index in [2.05, 4.69) is 41.6 Å². The molecular formula is C22H27N3S. The molecule has 4 heteroatoms. The van der Waals surface area contributed by atoms with Crippen LogP contribution in [0.25, 0.3) is 10.9 Å². The summed E-state index contributed by atoms with van der Waals surface area (Å²) in [6, 6.07) is 11.4. The minimum Gasteiger partial charge on any atom is -0.361 e. The fraction of sp³-hybridized carbons (Fsp3) is 0.409. The molecule has 1 aliphatic rings. The van der Waals surface area contributed by atoms with E-state index in [9.17, 15) is 0 Å². The van der Waals surface area contributed by atoms with Gasteiger partial charge < -0.3 is 15.7 Å². The average molecular weight is 366 g/mol. The predicted octanol–water partition coefficient (Wildman–Crippen LogP) is 5.48. The fourth-order valence-electron chi connectivity index (χ4n) is 4.32. The van der Waals surface area contributed by atoms with Gasteiger partial charge in [-0.15, -0.1) is 11.3 Å². The van der Waals surface area contributed by atoms with E-state index >= 15 is 0 Å². The summed E-state index contributed by atoms with van der Waals surface area (Å²) in [5, 5.41) is 15.4. The predicted molar refractivity (Wildman–Crippen MR) is 112 cm³/mol. The fourth-order valence-corrected chi connectivity index (χ4v) is 5.00. The Morgan fingerprint density at radius 2 is 2.23 bits per heavy atom. The van der Waals surface area contributed by atoms with E-state index in [0.29, 0.717) is 24.1 Å². The summed E-state index contributed by atoms with van der Waals surface area (Å²) in [6.07, 6.45) is 8.04. The lowest BCUT2D eigenvalue weighted by molar-refractivity contribution is 0.345. The highest BCUT2D eigenvalue weighted by Gasteiger charge is 2.24. The molecule has 1 aliphatic carbocycles. The lowest BCUT2D eigenvalue weighted by atomic mass is 9.81. The number of thiophene rings is 1. The van der Waals surface area contributed by atoms with E-state index in [-0.39, 0.29) is 0 Å². The molecule has 0 aliphatic heterocycles. The van der Waals surface area contributed by atoms with Crippen molar-refractivity contribution in [2.45, 2.75) is 51.0 Å². The van der Waals surface area contributed by atoms with Gasteiger partial charge in [0.05, 0.1) is 5.71 Å². The van der Waals surface area contributed by atoms with Gasteiger partial charge >= 0.3 is 0 Å². The van der Waals surface area contributed by atoms with Gasteiger partial charge in [-0.3, -0.25) is 0 Å². The van der Waals surface area contributed by atoms with Crippen molar-refractivity contribution in [3.05, 3.63) is 57.9 Å². The summed E-state index contributed by atoms with van der Waals surface area (Å²) in [5.74, 6) is 0.633. The number of aromatic nitrogens is 1. The highest BCUT2D eigenvalue weighted by molar-refractivity contribution is 7.12. The van der Waals surface area contributed by atoms with Gasteiger partial charge in [-0.05, 0) is 66.4 Å². The molecule has 0 saturated heterocycles. The Morgan fingerprint density at radius 3 is 3.04 bits per heavy atom. The molecule has 26 heavy (non-hydrogen) atoms. The van der Waals surface area contributed by atoms with Gasteiger partial charge in [-0.25, -0.2) is 0 Å². The maximum absolute atomic E-state index is 8.37. The van der Waals surface area contributed by atoms with E-state index in [1.807, 2.05) is 17.5 Å². The third-order valence-corrected chi connectivity index (χ3v) is 6.51. The van der Waals surface area contributed by atoms with Crippen molar-refractivity contribution < 1.29 is 0 Å². The van der Waals surface area contributed by atoms with Crippen LogP contribution in [0.1, 0.15) is 54.5 Å². The Bertz CT molecular complexity index is 876.